The molecule has 1 aliphatic heterocycles. The highest BCUT2D eigenvalue weighted by atomic mass is 16.5. The zero-order valence-corrected chi connectivity index (χ0v) is 14.2. The lowest BCUT2D eigenvalue weighted by Crippen LogP contribution is -2.21. The second-order valence-electron chi connectivity index (χ2n) is 6.16. The maximum Gasteiger partial charge on any atom is 0.162 e. The van der Waals surface area contributed by atoms with Crippen LogP contribution in [0.25, 0.3) is 10.9 Å². The molecule has 1 aromatic heterocycles. The Labute approximate surface area is 138 Å². The molecule has 23 heavy (non-hydrogen) atoms. The number of ether oxygens (including phenoxy) is 2. The van der Waals surface area contributed by atoms with Gasteiger partial charge in [-0.05, 0) is 44.0 Å². The third-order valence-corrected chi connectivity index (χ3v) is 4.73. The van der Waals surface area contributed by atoms with E-state index in [0.29, 0.717) is 6.54 Å². The van der Waals surface area contributed by atoms with Crippen LogP contribution in [0.3, 0.4) is 0 Å². The van der Waals surface area contributed by atoms with Gasteiger partial charge < -0.3 is 24.7 Å². The van der Waals surface area contributed by atoms with E-state index in [2.05, 4.69) is 27.8 Å². The molecule has 1 aliphatic rings. The number of nitrogens with zero attached hydrogens (tertiary/aromatic N) is 2. The largest absolute Gasteiger partial charge is 0.493 e. The van der Waals surface area contributed by atoms with Crippen molar-refractivity contribution in [2.24, 2.45) is 5.73 Å². The third-order valence-electron chi connectivity index (χ3n) is 4.73. The van der Waals surface area contributed by atoms with Gasteiger partial charge in [-0.1, -0.05) is 0 Å². The molecule has 0 radical (unpaired) electrons. The van der Waals surface area contributed by atoms with Crippen molar-refractivity contribution >= 4 is 10.9 Å². The normalized spacial score (nSPS) is 15.4. The lowest BCUT2D eigenvalue weighted by atomic mass is 10.1. The first-order chi connectivity index (χ1) is 11.3. The van der Waals surface area contributed by atoms with Crippen LogP contribution < -0.4 is 15.2 Å². The highest BCUT2D eigenvalue weighted by molar-refractivity contribution is 5.87. The lowest BCUT2D eigenvalue weighted by molar-refractivity contribution is 0.344. The van der Waals surface area contributed by atoms with E-state index in [4.69, 9.17) is 15.2 Å². The van der Waals surface area contributed by atoms with Gasteiger partial charge in [0.15, 0.2) is 11.5 Å². The van der Waals surface area contributed by atoms with Gasteiger partial charge >= 0.3 is 0 Å². The molecule has 5 nitrogen and oxygen atoms in total. The summed E-state index contributed by atoms with van der Waals surface area (Å²) >= 11 is 0. The summed E-state index contributed by atoms with van der Waals surface area (Å²) in [7, 11) is 3.36. The Hall–Kier alpha value is -1.72. The van der Waals surface area contributed by atoms with Crippen LogP contribution in [-0.2, 0) is 13.0 Å². The lowest BCUT2D eigenvalue weighted by Gasteiger charge is -2.14. The fraction of sp³-hybridized carbons (Fsp3) is 0.556. The second-order valence-corrected chi connectivity index (χ2v) is 6.16. The number of hydrogen-bond acceptors (Lipinski definition) is 4. The van der Waals surface area contributed by atoms with Crippen molar-refractivity contribution in [2.45, 2.75) is 25.8 Å². The van der Waals surface area contributed by atoms with E-state index >= 15 is 0 Å². The molecule has 1 fully saturated rings. The molecule has 0 saturated carbocycles. The molecule has 2 heterocycles. The summed E-state index contributed by atoms with van der Waals surface area (Å²) in [6.45, 7) is 5.03. The van der Waals surface area contributed by atoms with E-state index < -0.39 is 0 Å². The van der Waals surface area contributed by atoms with Gasteiger partial charge in [-0.25, -0.2) is 0 Å². The number of benzene rings is 1. The second kappa shape index (κ2) is 7.23. The smallest absolute Gasteiger partial charge is 0.162 e. The highest BCUT2D eigenvalue weighted by Crippen LogP contribution is 2.35. The summed E-state index contributed by atoms with van der Waals surface area (Å²) in [6.07, 6.45) is 5.97. The van der Waals surface area contributed by atoms with Crippen molar-refractivity contribution in [3.8, 4) is 11.5 Å². The van der Waals surface area contributed by atoms with Gasteiger partial charge in [-0.2, -0.15) is 0 Å². The van der Waals surface area contributed by atoms with Crippen LogP contribution in [0.15, 0.2) is 18.3 Å². The van der Waals surface area contributed by atoms with Gasteiger partial charge in [0.05, 0.1) is 19.7 Å². The first-order valence-corrected chi connectivity index (χ1v) is 8.43. The van der Waals surface area contributed by atoms with Crippen molar-refractivity contribution in [3.63, 3.8) is 0 Å². The Bertz CT molecular complexity index is 660. The van der Waals surface area contributed by atoms with Crippen molar-refractivity contribution in [1.29, 1.82) is 0 Å². The average molecular weight is 317 g/mol. The monoisotopic (exact) mass is 317 g/mol. The maximum absolute atomic E-state index is 5.78. The van der Waals surface area contributed by atoms with Gasteiger partial charge in [-0.3, -0.25) is 0 Å². The summed E-state index contributed by atoms with van der Waals surface area (Å²) in [5.74, 6) is 1.55. The van der Waals surface area contributed by atoms with Crippen LogP contribution in [0.2, 0.25) is 0 Å². The minimum Gasteiger partial charge on any atom is -0.493 e. The molecule has 0 atom stereocenters. The van der Waals surface area contributed by atoms with Crippen molar-refractivity contribution in [1.82, 2.24) is 9.47 Å². The minimum absolute atomic E-state index is 0.629. The minimum atomic E-state index is 0.629. The van der Waals surface area contributed by atoms with E-state index in [9.17, 15) is 0 Å². The topological polar surface area (TPSA) is 52.7 Å². The Morgan fingerprint density at radius 1 is 1.04 bits per heavy atom. The predicted octanol–water partition coefficient (Wildman–Crippen LogP) is 2.26. The van der Waals surface area contributed by atoms with Gasteiger partial charge in [0.1, 0.15) is 0 Å². The predicted molar refractivity (Wildman–Crippen MR) is 93.5 cm³/mol. The van der Waals surface area contributed by atoms with Gasteiger partial charge in [0.25, 0.3) is 0 Å². The molecular weight excluding hydrogens is 290 g/mol. The summed E-state index contributed by atoms with van der Waals surface area (Å²) in [6, 6.07) is 4.16. The molecule has 5 heteroatoms. The number of likely N-dealkylation sites (tertiary alicyclic amines) is 1. The molecule has 0 amide bonds. The van der Waals surface area contributed by atoms with Gasteiger partial charge in [0.2, 0.25) is 0 Å². The zero-order chi connectivity index (χ0) is 16.2. The summed E-state index contributed by atoms with van der Waals surface area (Å²) in [4.78, 5) is 2.55. The standard InChI is InChI=1S/C18H27N3O2/c1-22-17-11-15-14(5-9-20-7-3-4-8-20)13-21(10-6-19)16(15)12-18(17)23-2/h11-13H,3-10,19H2,1-2H3. The Kier molecular flexibility index (Phi) is 5.08. The molecule has 3 rings (SSSR count). The third kappa shape index (κ3) is 3.31. The molecule has 2 N–H and O–H groups in total. The summed E-state index contributed by atoms with van der Waals surface area (Å²) < 4.78 is 13.2. The Morgan fingerprint density at radius 2 is 1.74 bits per heavy atom. The van der Waals surface area contributed by atoms with Crippen LogP contribution in [0.4, 0.5) is 0 Å². The van der Waals surface area contributed by atoms with Crippen LogP contribution in [0, 0.1) is 0 Å². The van der Waals surface area contributed by atoms with Crippen LogP contribution in [0.5, 0.6) is 11.5 Å². The fourth-order valence-electron chi connectivity index (χ4n) is 3.50. The molecule has 0 bridgehead atoms. The number of fused-ring (bicyclic) bond motifs is 1. The molecular formula is C18H27N3O2. The first kappa shape index (κ1) is 16.1. The van der Waals surface area contributed by atoms with Crippen LogP contribution in [-0.4, -0.2) is 49.9 Å². The molecule has 0 unspecified atom stereocenters. The van der Waals surface area contributed by atoms with Gasteiger partial charge in [0, 0.05) is 37.3 Å². The fourth-order valence-corrected chi connectivity index (χ4v) is 3.50. The van der Waals surface area contributed by atoms with E-state index in [0.717, 1.165) is 31.0 Å². The number of methoxy groups -OCH3 is 2. The van der Waals surface area contributed by atoms with E-state index in [1.807, 2.05) is 0 Å². The molecule has 2 aromatic rings. The summed E-state index contributed by atoms with van der Waals surface area (Å²) in [5.41, 5.74) is 8.31. The van der Waals surface area contributed by atoms with Gasteiger partial charge in [-0.15, -0.1) is 0 Å². The SMILES string of the molecule is COc1cc2c(CCN3CCCC3)cn(CCN)c2cc1OC. The zero-order valence-electron chi connectivity index (χ0n) is 14.2. The van der Waals surface area contributed by atoms with Crippen molar-refractivity contribution in [3.05, 3.63) is 23.9 Å². The number of aromatic nitrogens is 1. The first-order valence-electron chi connectivity index (χ1n) is 8.43. The quantitative estimate of drug-likeness (QED) is 0.851. The molecule has 126 valence electrons. The molecule has 1 saturated heterocycles. The van der Waals surface area contributed by atoms with Crippen LogP contribution in [0.1, 0.15) is 18.4 Å². The molecule has 0 aliphatic carbocycles. The Balaban J connectivity index is 1.94. The number of hydrogen-bond donors (Lipinski definition) is 1. The average Bonchev–Trinajstić information content (AvgIpc) is 3.20. The maximum atomic E-state index is 5.78. The van der Waals surface area contributed by atoms with E-state index in [1.165, 1.54) is 42.4 Å². The number of rotatable bonds is 7. The highest BCUT2D eigenvalue weighted by Gasteiger charge is 2.16. The molecule has 1 aromatic carbocycles. The van der Waals surface area contributed by atoms with E-state index in [-0.39, 0.29) is 0 Å². The summed E-state index contributed by atoms with van der Waals surface area (Å²) in [5, 5.41) is 1.25. The number of nitrogens with two attached hydrogens (primary N) is 1. The van der Waals surface area contributed by atoms with Crippen molar-refractivity contribution in [2.75, 3.05) is 40.4 Å². The Morgan fingerprint density at radius 3 is 2.39 bits per heavy atom. The van der Waals surface area contributed by atoms with Crippen LogP contribution >= 0.6 is 0 Å². The molecule has 0 spiro atoms. The van der Waals surface area contributed by atoms with E-state index in [1.54, 1.807) is 14.2 Å². The van der Waals surface area contributed by atoms with Crippen molar-refractivity contribution < 1.29 is 9.47 Å².